The number of nitrogens with zero attached hydrogens (tertiary/aromatic N) is 3. The second kappa shape index (κ2) is 10.9. The van der Waals surface area contributed by atoms with Crippen LogP contribution < -0.4 is 5.73 Å². The van der Waals surface area contributed by atoms with E-state index in [1.54, 1.807) is 38.1 Å². The highest BCUT2D eigenvalue weighted by Gasteiger charge is 2.49. The van der Waals surface area contributed by atoms with E-state index < -0.39 is 28.0 Å². The van der Waals surface area contributed by atoms with Gasteiger partial charge in [-0.05, 0) is 49.7 Å². The molecule has 2 atom stereocenters. The maximum atomic E-state index is 13.7. The van der Waals surface area contributed by atoms with Crippen molar-refractivity contribution in [3.05, 3.63) is 75.1 Å². The van der Waals surface area contributed by atoms with E-state index in [0.717, 1.165) is 9.87 Å². The number of rotatable bonds is 5. The van der Waals surface area contributed by atoms with E-state index in [1.165, 1.54) is 34.2 Å². The minimum absolute atomic E-state index is 0. The molecule has 2 unspecified atom stereocenters. The summed E-state index contributed by atoms with van der Waals surface area (Å²) in [5, 5.41) is 0.735. The Balaban J connectivity index is 0.00000361. The molecule has 2 aromatic carbocycles. The van der Waals surface area contributed by atoms with Crippen molar-refractivity contribution in [2.24, 2.45) is 5.73 Å². The van der Waals surface area contributed by atoms with Crippen LogP contribution in [-0.4, -0.2) is 59.0 Å². The molecule has 0 aromatic heterocycles. The topological polar surface area (TPSA) is 104 Å². The molecule has 0 saturated carbocycles. The molecule has 0 bridgehead atoms. The average molecular weight is 639 g/mol. The number of hydrogen-bond donors (Lipinski definition) is 1. The van der Waals surface area contributed by atoms with Crippen LogP contribution in [0.1, 0.15) is 19.4 Å². The monoisotopic (exact) mass is 636 g/mol. The summed E-state index contributed by atoms with van der Waals surface area (Å²) in [6.07, 6.45) is 1.53. The van der Waals surface area contributed by atoms with Gasteiger partial charge in [0.05, 0.1) is 11.6 Å². The van der Waals surface area contributed by atoms with E-state index in [-0.39, 0.29) is 62.7 Å². The van der Waals surface area contributed by atoms with Crippen molar-refractivity contribution < 1.29 is 18.0 Å². The fraction of sp³-hybridized carbons (Fsp3) is 0.304. The molecular formula is C23H24BrCl3N4O4S. The van der Waals surface area contributed by atoms with Gasteiger partial charge >= 0.3 is 0 Å². The van der Waals surface area contributed by atoms with Crippen LogP contribution in [0.5, 0.6) is 0 Å². The van der Waals surface area contributed by atoms with Crippen molar-refractivity contribution in [2.75, 3.05) is 6.54 Å². The zero-order chi connectivity index (χ0) is 25.7. The van der Waals surface area contributed by atoms with Gasteiger partial charge in [0, 0.05) is 28.7 Å². The summed E-state index contributed by atoms with van der Waals surface area (Å²) in [6.45, 7) is 3.29. The van der Waals surface area contributed by atoms with Crippen LogP contribution in [0.3, 0.4) is 0 Å². The summed E-state index contributed by atoms with van der Waals surface area (Å²) in [7, 11) is -4.26. The van der Waals surface area contributed by atoms with Crippen molar-refractivity contribution in [1.29, 1.82) is 0 Å². The smallest absolute Gasteiger partial charge is 0.267 e. The first-order valence-electron chi connectivity index (χ1n) is 10.8. The van der Waals surface area contributed by atoms with Crippen LogP contribution in [0.2, 0.25) is 15.1 Å². The van der Waals surface area contributed by atoms with Crippen LogP contribution in [-0.2, 0) is 26.0 Å². The van der Waals surface area contributed by atoms with Crippen molar-refractivity contribution >= 4 is 73.6 Å². The van der Waals surface area contributed by atoms with Crippen LogP contribution in [0.25, 0.3) is 0 Å². The molecule has 0 radical (unpaired) electrons. The normalized spacial score (nSPS) is 20.3. The minimum atomic E-state index is -4.26. The Bertz CT molecular complexity index is 1320. The van der Waals surface area contributed by atoms with E-state index in [1.807, 2.05) is 0 Å². The molecule has 2 N–H and O–H groups in total. The summed E-state index contributed by atoms with van der Waals surface area (Å²) in [5.74, 6) is -0.848. The lowest BCUT2D eigenvalue weighted by Gasteiger charge is -2.48. The molecule has 4 rings (SSSR count). The quantitative estimate of drug-likeness (QED) is 0.533. The Hall–Kier alpha value is -1.82. The Morgan fingerprint density at radius 3 is 2.19 bits per heavy atom. The van der Waals surface area contributed by atoms with E-state index in [9.17, 15) is 18.0 Å². The number of sulfonamides is 1. The molecule has 1 saturated heterocycles. The zero-order valence-electron chi connectivity index (χ0n) is 19.3. The molecule has 2 aromatic rings. The minimum Gasteiger partial charge on any atom is -0.318 e. The number of fused-ring (bicyclic) bond motifs is 1. The van der Waals surface area contributed by atoms with Gasteiger partial charge in [-0.1, -0.05) is 46.9 Å². The molecule has 8 nitrogen and oxygen atoms in total. The van der Waals surface area contributed by atoms with Gasteiger partial charge in [-0.2, -0.15) is 0 Å². The second-order valence-corrected chi connectivity index (χ2v) is 11.7. The molecule has 194 valence electrons. The van der Waals surface area contributed by atoms with Gasteiger partial charge in [-0.25, -0.2) is 12.7 Å². The number of carbonyl (C=O) groups is 2. The summed E-state index contributed by atoms with van der Waals surface area (Å²) >= 11 is 18.2. The van der Waals surface area contributed by atoms with Gasteiger partial charge in [0.25, 0.3) is 10.0 Å². The third kappa shape index (κ3) is 5.25. The Morgan fingerprint density at radius 2 is 1.61 bits per heavy atom. The van der Waals surface area contributed by atoms with Gasteiger partial charge in [0.15, 0.2) is 0 Å². The Labute approximate surface area is 235 Å². The molecular weight excluding hydrogens is 615 g/mol. The van der Waals surface area contributed by atoms with Gasteiger partial charge in [-0.3, -0.25) is 14.5 Å². The first-order valence-corrected chi connectivity index (χ1v) is 13.3. The van der Waals surface area contributed by atoms with Crippen LogP contribution in [0.4, 0.5) is 0 Å². The summed E-state index contributed by atoms with van der Waals surface area (Å²) in [4.78, 5) is 29.2. The number of carbonyl (C=O) groups excluding carboxylic acids is 2. The Morgan fingerprint density at radius 1 is 1.00 bits per heavy atom. The van der Waals surface area contributed by atoms with Gasteiger partial charge < -0.3 is 10.6 Å². The Kier molecular flexibility index (Phi) is 8.69. The number of benzene rings is 2. The van der Waals surface area contributed by atoms with Gasteiger partial charge in [0.1, 0.15) is 22.8 Å². The van der Waals surface area contributed by atoms with Crippen LogP contribution in [0, 0.1) is 0 Å². The molecule has 2 aliphatic heterocycles. The highest BCUT2D eigenvalue weighted by Crippen LogP contribution is 2.36. The third-order valence-electron chi connectivity index (χ3n) is 5.89. The molecule has 0 spiro atoms. The number of hydrogen-bond acceptors (Lipinski definition) is 5. The molecule has 13 heteroatoms. The summed E-state index contributed by atoms with van der Waals surface area (Å²) < 4.78 is 28.5. The molecule has 36 heavy (non-hydrogen) atoms. The van der Waals surface area contributed by atoms with E-state index in [0.29, 0.717) is 5.02 Å². The van der Waals surface area contributed by atoms with Crippen molar-refractivity contribution in [3.8, 4) is 0 Å². The van der Waals surface area contributed by atoms with E-state index >= 15 is 0 Å². The van der Waals surface area contributed by atoms with Crippen molar-refractivity contribution in [3.63, 3.8) is 0 Å². The lowest BCUT2D eigenvalue weighted by Crippen LogP contribution is -2.66. The van der Waals surface area contributed by atoms with E-state index in [4.69, 9.17) is 40.5 Å². The largest absolute Gasteiger partial charge is 0.318 e. The number of nitrogens with two attached hydrogens (primary N) is 1. The predicted molar refractivity (Wildman–Crippen MR) is 145 cm³/mol. The fourth-order valence-electron chi connectivity index (χ4n) is 4.12. The first kappa shape index (κ1) is 28.7. The standard InChI is InChI=1S/C23H23Cl3N4O4S.BrH/c1-13(2)28-12-21-29(35(33,34)20-8-7-16(25)10-17(20)26)11-18(27)22(31)30(21)19(23(28)32)9-14-3-5-15(24)6-4-14;/h3-8,10,12-13,18-19H,9,11,27H2,1-2H3;1H. The van der Waals surface area contributed by atoms with Crippen molar-refractivity contribution in [2.45, 2.75) is 43.3 Å². The SMILES string of the molecule is Br.CC(C)N1C=C2N(C(=O)C(N)CN2S(=O)(=O)c2ccc(Cl)cc2Cl)C(Cc2ccc(Cl)cc2)C1=O. The maximum absolute atomic E-state index is 13.7. The molecule has 1 fully saturated rings. The zero-order valence-corrected chi connectivity index (χ0v) is 24.1. The first-order chi connectivity index (χ1) is 16.4. The summed E-state index contributed by atoms with van der Waals surface area (Å²) in [5.41, 5.74) is 6.86. The number of amides is 2. The number of halogens is 4. The molecule has 2 amide bonds. The average Bonchev–Trinajstić information content (AvgIpc) is 2.78. The van der Waals surface area contributed by atoms with Gasteiger partial charge in [-0.15, -0.1) is 17.0 Å². The van der Waals surface area contributed by atoms with Crippen LogP contribution in [0.15, 0.2) is 59.4 Å². The van der Waals surface area contributed by atoms with Crippen molar-refractivity contribution in [1.82, 2.24) is 14.1 Å². The lowest BCUT2D eigenvalue weighted by atomic mass is 9.99. The van der Waals surface area contributed by atoms with Gasteiger partial charge in [0.2, 0.25) is 11.8 Å². The highest BCUT2D eigenvalue weighted by atomic mass is 79.9. The molecule has 0 aliphatic carbocycles. The molecule has 2 heterocycles. The highest BCUT2D eigenvalue weighted by molar-refractivity contribution is 8.93. The summed E-state index contributed by atoms with van der Waals surface area (Å²) in [6, 6.07) is 8.43. The molecule has 2 aliphatic rings. The lowest BCUT2D eigenvalue weighted by molar-refractivity contribution is -0.149. The third-order valence-corrected chi connectivity index (χ3v) is 8.63. The van der Waals surface area contributed by atoms with Crippen LogP contribution >= 0.6 is 51.8 Å². The fourth-order valence-corrected chi connectivity index (χ4v) is 6.47. The predicted octanol–water partition coefficient (Wildman–Crippen LogP) is 4.05. The maximum Gasteiger partial charge on any atom is 0.267 e. The second-order valence-electron chi connectivity index (χ2n) is 8.60. The van der Waals surface area contributed by atoms with E-state index in [2.05, 4.69) is 0 Å².